The number of rotatable bonds is 4. The zero-order chi connectivity index (χ0) is 11.2. The summed E-state index contributed by atoms with van der Waals surface area (Å²) in [5.41, 5.74) is 1.55. The standard InChI is InChI=1S/C13H13NO2/c15-13(12-8-4-5-9-14-12)16-10-11-6-2-1-3-7-11/h1-9,13,15H,10H2. The molecule has 0 aliphatic heterocycles. The maximum atomic E-state index is 9.70. The van der Waals surface area contributed by atoms with Crippen molar-refractivity contribution in [2.24, 2.45) is 0 Å². The molecule has 0 bridgehead atoms. The number of aliphatic hydroxyl groups is 1. The van der Waals surface area contributed by atoms with Crippen LogP contribution in [0.1, 0.15) is 17.5 Å². The molecular weight excluding hydrogens is 202 g/mol. The van der Waals surface area contributed by atoms with Crippen molar-refractivity contribution < 1.29 is 9.84 Å². The predicted octanol–water partition coefficient (Wildman–Crippen LogP) is 2.29. The lowest BCUT2D eigenvalue weighted by molar-refractivity contribution is -0.114. The summed E-state index contributed by atoms with van der Waals surface area (Å²) in [4.78, 5) is 4.02. The van der Waals surface area contributed by atoms with Crippen LogP contribution < -0.4 is 0 Å². The van der Waals surface area contributed by atoms with Crippen molar-refractivity contribution in [3.63, 3.8) is 0 Å². The van der Waals surface area contributed by atoms with E-state index in [0.29, 0.717) is 12.3 Å². The second-order valence-corrected chi connectivity index (χ2v) is 3.40. The van der Waals surface area contributed by atoms with Crippen LogP contribution in [-0.2, 0) is 11.3 Å². The van der Waals surface area contributed by atoms with Crippen molar-refractivity contribution >= 4 is 0 Å². The zero-order valence-corrected chi connectivity index (χ0v) is 8.78. The molecule has 0 saturated carbocycles. The smallest absolute Gasteiger partial charge is 0.198 e. The average molecular weight is 215 g/mol. The maximum Gasteiger partial charge on any atom is 0.198 e. The van der Waals surface area contributed by atoms with Crippen molar-refractivity contribution in [1.82, 2.24) is 4.98 Å². The lowest BCUT2D eigenvalue weighted by Crippen LogP contribution is -2.05. The van der Waals surface area contributed by atoms with Crippen molar-refractivity contribution in [3.8, 4) is 0 Å². The first-order valence-corrected chi connectivity index (χ1v) is 5.11. The van der Waals surface area contributed by atoms with Gasteiger partial charge in [-0.2, -0.15) is 0 Å². The summed E-state index contributed by atoms with van der Waals surface area (Å²) >= 11 is 0. The molecule has 2 aromatic rings. The van der Waals surface area contributed by atoms with Gasteiger partial charge >= 0.3 is 0 Å². The fraction of sp³-hybridized carbons (Fsp3) is 0.154. The molecule has 0 aliphatic carbocycles. The van der Waals surface area contributed by atoms with E-state index in [-0.39, 0.29) is 0 Å². The molecule has 1 aromatic carbocycles. The average Bonchev–Trinajstić information content (AvgIpc) is 2.38. The minimum atomic E-state index is -0.971. The highest BCUT2D eigenvalue weighted by Gasteiger charge is 2.07. The van der Waals surface area contributed by atoms with E-state index in [1.807, 2.05) is 36.4 Å². The number of nitrogens with zero attached hydrogens (tertiary/aromatic N) is 1. The van der Waals surface area contributed by atoms with E-state index in [0.717, 1.165) is 5.56 Å². The molecule has 0 radical (unpaired) electrons. The Labute approximate surface area is 94.3 Å². The van der Waals surface area contributed by atoms with E-state index in [2.05, 4.69) is 4.98 Å². The summed E-state index contributed by atoms with van der Waals surface area (Å²) < 4.78 is 5.31. The maximum absolute atomic E-state index is 9.70. The lowest BCUT2D eigenvalue weighted by Gasteiger charge is -2.10. The number of hydrogen-bond acceptors (Lipinski definition) is 3. The molecule has 1 unspecified atom stereocenters. The summed E-state index contributed by atoms with van der Waals surface area (Å²) in [6.45, 7) is 0.374. The normalized spacial score (nSPS) is 12.3. The van der Waals surface area contributed by atoms with Gasteiger partial charge in [0.2, 0.25) is 0 Å². The van der Waals surface area contributed by atoms with Crippen LogP contribution in [0.2, 0.25) is 0 Å². The van der Waals surface area contributed by atoms with Crippen LogP contribution in [0.25, 0.3) is 0 Å². The van der Waals surface area contributed by atoms with Gasteiger partial charge in [-0.05, 0) is 17.7 Å². The largest absolute Gasteiger partial charge is 0.363 e. The molecule has 1 atom stereocenters. The minimum absolute atomic E-state index is 0.374. The molecule has 0 spiro atoms. The van der Waals surface area contributed by atoms with Gasteiger partial charge in [-0.3, -0.25) is 4.98 Å². The highest BCUT2D eigenvalue weighted by molar-refractivity contribution is 5.13. The molecule has 1 N–H and O–H groups in total. The van der Waals surface area contributed by atoms with Gasteiger partial charge < -0.3 is 9.84 Å². The lowest BCUT2D eigenvalue weighted by atomic mass is 10.2. The molecule has 0 aliphatic rings. The Kier molecular flexibility index (Phi) is 3.64. The summed E-state index contributed by atoms with van der Waals surface area (Å²) in [7, 11) is 0. The predicted molar refractivity (Wildman–Crippen MR) is 60.4 cm³/mol. The monoisotopic (exact) mass is 215 g/mol. The fourth-order valence-corrected chi connectivity index (χ4v) is 1.36. The first-order valence-electron chi connectivity index (χ1n) is 5.11. The van der Waals surface area contributed by atoms with Crippen LogP contribution in [0.4, 0.5) is 0 Å². The second-order valence-electron chi connectivity index (χ2n) is 3.40. The van der Waals surface area contributed by atoms with Crippen LogP contribution in [0.3, 0.4) is 0 Å². The number of aliphatic hydroxyl groups excluding tert-OH is 1. The third kappa shape index (κ3) is 2.89. The van der Waals surface area contributed by atoms with Crippen LogP contribution in [-0.4, -0.2) is 10.1 Å². The Hall–Kier alpha value is -1.71. The Balaban J connectivity index is 1.92. The number of ether oxygens (including phenoxy) is 1. The second kappa shape index (κ2) is 5.39. The van der Waals surface area contributed by atoms with E-state index < -0.39 is 6.29 Å². The summed E-state index contributed by atoms with van der Waals surface area (Å²) in [6, 6.07) is 15.1. The van der Waals surface area contributed by atoms with Crippen LogP contribution in [0, 0.1) is 0 Å². The van der Waals surface area contributed by atoms with Gasteiger partial charge in [-0.25, -0.2) is 0 Å². The Morgan fingerprint density at radius 2 is 1.81 bits per heavy atom. The Morgan fingerprint density at radius 1 is 1.06 bits per heavy atom. The van der Waals surface area contributed by atoms with Gasteiger partial charge in [0.25, 0.3) is 0 Å². The van der Waals surface area contributed by atoms with Gasteiger partial charge in [0.05, 0.1) is 12.3 Å². The van der Waals surface area contributed by atoms with E-state index in [4.69, 9.17) is 4.74 Å². The number of hydrogen-bond donors (Lipinski definition) is 1. The van der Waals surface area contributed by atoms with Crippen molar-refractivity contribution in [2.45, 2.75) is 12.9 Å². The minimum Gasteiger partial charge on any atom is -0.363 e. The quantitative estimate of drug-likeness (QED) is 0.796. The van der Waals surface area contributed by atoms with Crippen LogP contribution in [0.5, 0.6) is 0 Å². The molecule has 3 nitrogen and oxygen atoms in total. The molecule has 82 valence electrons. The van der Waals surface area contributed by atoms with Crippen LogP contribution in [0.15, 0.2) is 54.7 Å². The molecule has 16 heavy (non-hydrogen) atoms. The molecular formula is C13H13NO2. The van der Waals surface area contributed by atoms with E-state index >= 15 is 0 Å². The van der Waals surface area contributed by atoms with Crippen molar-refractivity contribution in [3.05, 3.63) is 66.0 Å². The van der Waals surface area contributed by atoms with Gasteiger partial charge in [0.1, 0.15) is 0 Å². The van der Waals surface area contributed by atoms with Gasteiger partial charge in [-0.1, -0.05) is 36.4 Å². The number of aromatic nitrogens is 1. The van der Waals surface area contributed by atoms with Gasteiger partial charge in [0, 0.05) is 6.20 Å². The van der Waals surface area contributed by atoms with E-state index in [1.165, 1.54) is 0 Å². The third-order valence-corrected chi connectivity index (χ3v) is 2.19. The summed E-state index contributed by atoms with van der Waals surface area (Å²) in [5.74, 6) is 0. The molecule has 1 aromatic heterocycles. The topological polar surface area (TPSA) is 42.4 Å². The first-order chi connectivity index (χ1) is 7.86. The summed E-state index contributed by atoms with van der Waals surface area (Å²) in [6.07, 6.45) is 0.658. The highest BCUT2D eigenvalue weighted by Crippen LogP contribution is 2.13. The SMILES string of the molecule is OC(OCc1ccccc1)c1ccccn1. The summed E-state index contributed by atoms with van der Waals surface area (Å²) in [5, 5.41) is 9.70. The van der Waals surface area contributed by atoms with Crippen molar-refractivity contribution in [1.29, 1.82) is 0 Å². The molecule has 0 saturated heterocycles. The van der Waals surface area contributed by atoms with E-state index in [1.54, 1.807) is 18.3 Å². The van der Waals surface area contributed by atoms with E-state index in [9.17, 15) is 5.11 Å². The zero-order valence-electron chi connectivity index (χ0n) is 8.78. The van der Waals surface area contributed by atoms with Gasteiger partial charge in [-0.15, -0.1) is 0 Å². The van der Waals surface area contributed by atoms with Crippen LogP contribution >= 0.6 is 0 Å². The molecule has 3 heteroatoms. The van der Waals surface area contributed by atoms with Gasteiger partial charge in [0.15, 0.2) is 6.29 Å². The van der Waals surface area contributed by atoms with Crippen molar-refractivity contribution in [2.75, 3.05) is 0 Å². The Morgan fingerprint density at radius 3 is 2.50 bits per heavy atom. The highest BCUT2D eigenvalue weighted by atomic mass is 16.6. The molecule has 1 heterocycles. The Bertz CT molecular complexity index is 416. The molecule has 2 rings (SSSR count). The molecule has 0 amide bonds. The molecule has 0 fully saturated rings. The fourth-order valence-electron chi connectivity index (χ4n) is 1.36. The number of benzene rings is 1. The first kappa shape index (κ1) is 10.8. The third-order valence-electron chi connectivity index (χ3n) is 2.19. The number of pyridine rings is 1.